The van der Waals surface area contributed by atoms with E-state index >= 15 is 0 Å². The van der Waals surface area contributed by atoms with Gasteiger partial charge in [0.25, 0.3) is 0 Å². The first-order valence-corrected chi connectivity index (χ1v) is 8.51. The minimum absolute atomic E-state index is 0.0486. The number of hydrogen-bond donors (Lipinski definition) is 1. The molecule has 0 amide bonds. The average molecular weight is 342 g/mol. The van der Waals surface area contributed by atoms with E-state index in [-0.39, 0.29) is 5.41 Å². The number of benzene rings is 2. The van der Waals surface area contributed by atoms with Crippen LogP contribution in [0.15, 0.2) is 48.5 Å². The molecule has 0 radical (unpaired) electrons. The van der Waals surface area contributed by atoms with Crippen LogP contribution in [0.3, 0.4) is 0 Å². The first-order valence-electron chi connectivity index (χ1n) is 8.51. The largest absolute Gasteiger partial charge is 0.494 e. The summed E-state index contributed by atoms with van der Waals surface area (Å²) >= 11 is 0. The van der Waals surface area contributed by atoms with E-state index in [1.54, 1.807) is 0 Å². The number of hydrogen-bond acceptors (Lipinski definition) is 3. The third-order valence-corrected chi connectivity index (χ3v) is 3.93. The zero-order valence-corrected chi connectivity index (χ0v) is 15.3. The van der Waals surface area contributed by atoms with Gasteiger partial charge in [0.1, 0.15) is 11.5 Å². The summed E-state index contributed by atoms with van der Waals surface area (Å²) in [7, 11) is 0. The van der Waals surface area contributed by atoms with Crippen LogP contribution < -0.4 is 9.47 Å². The zero-order chi connectivity index (χ0) is 18.4. The maximum atomic E-state index is 11.6. The smallest absolute Gasteiger partial charge is 0.345 e. The molecule has 0 saturated heterocycles. The van der Waals surface area contributed by atoms with E-state index in [9.17, 15) is 9.90 Å². The molecule has 2 aromatic rings. The number of ether oxygens (including phenoxy) is 2. The second kappa shape index (κ2) is 8.06. The number of carboxylic acid groups (broad SMARTS) is 1. The highest BCUT2D eigenvalue weighted by Crippen LogP contribution is 2.25. The van der Waals surface area contributed by atoms with Crippen molar-refractivity contribution in [3.05, 3.63) is 59.7 Å². The monoisotopic (exact) mass is 342 g/mol. The molecule has 2 aromatic carbocycles. The predicted molar refractivity (Wildman–Crippen MR) is 98.5 cm³/mol. The Morgan fingerprint density at radius 2 is 1.56 bits per heavy atom. The molecule has 4 heteroatoms. The molecule has 0 aliphatic carbocycles. The van der Waals surface area contributed by atoms with Crippen molar-refractivity contribution in [1.29, 1.82) is 0 Å². The van der Waals surface area contributed by atoms with Gasteiger partial charge in [-0.25, -0.2) is 4.79 Å². The van der Waals surface area contributed by atoms with Crippen LogP contribution in [-0.4, -0.2) is 23.8 Å². The van der Waals surface area contributed by atoms with Crippen molar-refractivity contribution in [2.24, 2.45) is 0 Å². The molecular formula is C21H26O4. The molecule has 134 valence electrons. The van der Waals surface area contributed by atoms with Gasteiger partial charge in [-0.3, -0.25) is 0 Å². The van der Waals surface area contributed by atoms with E-state index in [1.807, 2.05) is 55.5 Å². The quantitative estimate of drug-likeness (QED) is 0.807. The lowest BCUT2D eigenvalue weighted by Gasteiger charge is -2.20. The maximum Gasteiger partial charge on any atom is 0.345 e. The molecule has 4 nitrogen and oxygen atoms in total. The van der Waals surface area contributed by atoms with Crippen LogP contribution in [0.2, 0.25) is 0 Å². The van der Waals surface area contributed by atoms with Gasteiger partial charge >= 0.3 is 5.97 Å². The van der Waals surface area contributed by atoms with Gasteiger partial charge in [-0.05, 0) is 47.7 Å². The number of rotatable bonds is 7. The summed E-state index contributed by atoms with van der Waals surface area (Å²) < 4.78 is 11.1. The average Bonchev–Trinajstić information content (AvgIpc) is 2.56. The van der Waals surface area contributed by atoms with Crippen molar-refractivity contribution in [2.45, 2.75) is 45.6 Å². The second-order valence-electron chi connectivity index (χ2n) is 7.00. The second-order valence-corrected chi connectivity index (χ2v) is 7.00. The van der Waals surface area contributed by atoms with E-state index in [4.69, 9.17) is 9.47 Å². The van der Waals surface area contributed by atoms with Gasteiger partial charge in [0.15, 0.2) is 6.10 Å². The molecule has 1 N–H and O–H groups in total. The molecule has 0 fully saturated rings. The van der Waals surface area contributed by atoms with E-state index in [2.05, 4.69) is 20.8 Å². The summed E-state index contributed by atoms with van der Waals surface area (Å²) in [6.45, 7) is 8.93. The first kappa shape index (κ1) is 18.8. The fourth-order valence-electron chi connectivity index (χ4n) is 2.48. The molecular weight excluding hydrogens is 316 g/mol. The maximum absolute atomic E-state index is 11.6. The molecule has 2 rings (SSSR count). The third kappa shape index (κ3) is 5.52. The molecule has 0 heterocycles. The van der Waals surface area contributed by atoms with E-state index in [0.29, 0.717) is 18.8 Å². The minimum atomic E-state index is -0.978. The van der Waals surface area contributed by atoms with Gasteiger partial charge in [-0.1, -0.05) is 45.0 Å². The molecule has 0 unspecified atom stereocenters. The summed E-state index contributed by atoms with van der Waals surface area (Å²) in [5.41, 5.74) is 2.12. The number of carboxylic acids is 1. The van der Waals surface area contributed by atoms with Crippen molar-refractivity contribution in [3.8, 4) is 11.5 Å². The van der Waals surface area contributed by atoms with Crippen LogP contribution in [0, 0.1) is 0 Å². The molecule has 0 aromatic heterocycles. The molecule has 0 aliphatic rings. The van der Waals surface area contributed by atoms with Gasteiger partial charge in [-0.2, -0.15) is 0 Å². The molecule has 0 aliphatic heterocycles. The van der Waals surface area contributed by atoms with Gasteiger partial charge in [0, 0.05) is 6.42 Å². The summed E-state index contributed by atoms with van der Waals surface area (Å²) in [6, 6.07) is 15.0. The van der Waals surface area contributed by atoms with Gasteiger partial charge < -0.3 is 14.6 Å². The van der Waals surface area contributed by atoms with Crippen LogP contribution in [0.1, 0.15) is 38.8 Å². The summed E-state index contributed by atoms with van der Waals surface area (Å²) in [5.74, 6) is 0.358. The van der Waals surface area contributed by atoms with Crippen molar-refractivity contribution in [2.75, 3.05) is 6.61 Å². The van der Waals surface area contributed by atoms with Crippen molar-refractivity contribution >= 4 is 5.97 Å². The lowest BCUT2D eigenvalue weighted by Crippen LogP contribution is -2.29. The highest BCUT2D eigenvalue weighted by atomic mass is 16.5. The SMILES string of the molecule is CCOc1ccc(C[C@H](Oc2ccc(C(C)(C)C)cc2)C(=O)O)cc1. The van der Waals surface area contributed by atoms with Gasteiger partial charge in [0.2, 0.25) is 0 Å². The Labute approximate surface area is 149 Å². The summed E-state index contributed by atoms with van der Waals surface area (Å²) in [5, 5.41) is 9.47. The van der Waals surface area contributed by atoms with Crippen LogP contribution in [0.25, 0.3) is 0 Å². The van der Waals surface area contributed by atoms with Crippen molar-refractivity contribution in [1.82, 2.24) is 0 Å². The van der Waals surface area contributed by atoms with E-state index < -0.39 is 12.1 Å². The topological polar surface area (TPSA) is 55.8 Å². The van der Waals surface area contributed by atoms with Gasteiger partial charge in [-0.15, -0.1) is 0 Å². The van der Waals surface area contributed by atoms with Crippen molar-refractivity contribution in [3.63, 3.8) is 0 Å². The molecule has 1 atom stereocenters. The Bertz CT molecular complexity index is 681. The third-order valence-electron chi connectivity index (χ3n) is 3.93. The van der Waals surface area contributed by atoms with E-state index in [0.717, 1.165) is 11.3 Å². The van der Waals surface area contributed by atoms with E-state index in [1.165, 1.54) is 5.56 Å². The van der Waals surface area contributed by atoms with Gasteiger partial charge in [0.05, 0.1) is 6.61 Å². The summed E-state index contributed by atoms with van der Waals surface area (Å²) in [4.78, 5) is 11.6. The molecule has 0 spiro atoms. The fraction of sp³-hybridized carbons (Fsp3) is 0.381. The molecule has 25 heavy (non-hydrogen) atoms. The lowest BCUT2D eigenvalue weighted by atomic mass is 9.87. The predicted octanol–water partition coefficient (Wildman–Crippen LogP) is 4.46. The minimum Gasteiger partial charge on any atom is -0.494 e. The first-order chi connectivity index (χ1) is 11.8. The Morgan fingerprint density at radius 1 is 1.00 bits per heavy atom. The van der Waals surface area contributed by atoms with Crippen molar-refractivity contribution < 1.29 is 19.4 Å². The standard InChI is InChI=1S/C21H26O4/c1-5-24-17-10-6-15(7-11-17)14-19(20(22)23)25-18-12-8-16(9-13-18)21(2,3)4/h6-13,19H,5,14H2,1-4H3,(H,22,23)/t19-/m0/s1. The number of aliphatic carboxylic acids is 1. The van der Waals surface area contributed by atoms with Crippen LogP contribution in [0.4, 0.5) is 0 Å². The van der Waals surface area contributed by atoms with Crippen LogP contribution >= 0.6 is 0 Å². The molecule has 0 bridgehead atoms. The molecule has 0 saturated carbocycles. The highest BCUT2D eigenvalue weighted by Gasteiger charge is 2.21. The number of carbonyl (C=O) groups is 1. The summed E-state index contributed by atoms with van der Waals surface area (Å²) in [6.07, 6.45) is -0.638. The Morgan fingerprint density at radius 3 is 2.04 bits per heavy atom. The Hall–Kier alpha value is -2.49. The zero-order valence-electron chi connectivity index (χ0n) is 15.3. The fourth-order valence-corrected chi connectivity index (χ4v) is 2.48. The lowest BCUT2D eigenvalue weighted by molar-refractivity contribution is -0.145. The Balaban J connectivity index is 2.06. The van der Waals surface area contributed by atoms with Crippen LogP contribution in [-0.2, 0) is 16.6 Å². The van der Waals surface area contributed by atoms with Crippen LogP contribution in [0.5, 0.6) is 11.5 Å². The Kier molecular flexibility index (Phi) is 6.07. The highest BCUT2D eigenvalue weighted by molar-refractivity contribution is 5.73. The normalized spacial score (nSPS) is 12.5.